The van der Waals surface area contributed by atoms with E-state index in [1.807, 2.05) is 18.2 Å². The maximum atomic E-state index is 13.6. The van der Waals surface area contributed by atoms with Gasteiger partial charge in [-0.25, -0.2) is 4.39 Å². The number of benzene rings is 2. The Hall–Kier alpha value is -3.02. The van der Waals surface area contributed by atoms with E-state index in [1.165, 1.54) is 11.6 Å². The van der Waals surface area contributed by atoms with Crippen LogP contribution in [-0.2, 0) is 13.0 Å². The summed E-state index contributed by atoms with van der Waals surface area (Å²) in [7, 11) is 0. The van der Waals surface area contributed by atoms with Gasteiger partial charge in [0.1, 0.15) is 5.82 Å². The molecule has 0 aliphatic rings. The minimum absolute atomic E-state index is 0.255. The highest BCUT2D eigenvalue weighted by molar-refractivity contribution is 5.37. The van der Waals surface area contributed by atoms with Gasteiger partial charge in [-0.2, -0.15) is 10.1 Å². The molecule has 3 aromatic rings. The summed E-state index contributed by atoms with van der Waals surface area (Å²) in [4.78, 5) is 4.33. The van der Waals surface area contributed by atoms with E-state index in [9.17, 15) is 4.39 Å². The van der Waals surface area contributed by atoms with E-state index in [4.69, 9.17) is 0 Å². The summed E-state index contributed by atoms with van der Waals surface area (Å²) in [5.41, 5.74) is 1.81. The second-order valence-electron chi connectivity index (χ2n) is 5.27. The number of hydrogen-bond acceptors (Lipinski definition) is 5. The number of nitrogens with one attached hydrogen (secondary N) is 2. The zero-order chi connectivity index (χ0) is 16.6. The van der Waals surface area contributed by atoms with E-state index < -0.39 is 0 Å². The molecule has 2 N–H and O–H groups in total. The van der Waals surface area contributed by atoms with Crippen molar-refractivity contribution in [3.8, 4) is 0 Å². The third kappa shape index (κ3) is 4.49. The van der Waals surface area contributed by atoms with Crippen molar-refractivity contribution in [3.63, 3.8) is 0 Å². The van der Waals surface area contributed by atoms with Crippen LogP contribution >= 0.6 is 0 Å². The molecular formula is C18H18FN5. The third-order valence-electron chi connectivity index (χ3n) is 3.52. The molecule has 6 heteroatoms. The van der Waals surface area contributed by atoms with Crippen molar-refractivity contribution in [1.82, 2.24) is 15.2 Å². The number of rotatable bonds is 7. The second-order valence-corrected chi connectivity index (χ2v) is 5.27. The molecule has 0 aliphatic carbocycles. The summed E-state index contributed by atoms with van der Waals surface area (Å²) in [6.07, 6.45) is 2.46. The number of nitrogens with zero attached hydrogens (tertiary/aromatic N) is 3. The minimum atomic E-state index is -0.255. The van der Waals surface area contributed by atoms with Crippen LogP contribution in [0.5, 0.6) is 0 Å². The Morgan fingerprint density at radius 1 is 0.917 bits per heavy atom. The van der Waals surface area contributed by atoms with Gasteiger partial charge in [0.2, 0.25) is 5.95 Å². The molecule has 1 aromatic heterocycles. The first-order valence-corrected chi connectivity index (χ1v) is 7.76. The van der Waals surface area contributed by atoms with Crippen molar-refractivity contribution in [2.75, 3.05) is 17.2 Å². The molecule has 0 spiro atoms. The molecule has 0 fully saturated rings. The quantitative estimate of drug-likeness (QED) is 0.699. The van der Waals surface area contributed by atoms with Crippen LogP contribution in [-0.4, -0.2) is 21.7 Å². The van der Waals surface area contributed by atoms with Gasteiger partial charge in [-0.05, 0) is 18.1 Å². The van der Waals surface area contributed by atoms with Gasteiger partial charge in [0, 0.05) is 18.7 Å². The average Bonchev–Trinajstić information content (AvgIpc) is 2.62. The van der Waals surface area contributed by atoms with Crippen molar-refractivity contribution in [3.05, 3.63) is 77.7 Å². The summed E-state index contributed by atoms with van der Waals surface area (Å²) in [5.74, 6) is 0.745. The van der Waals surface area contributed by atoms with Crippen molar-refractivity contribution >= 4 is 11.8 Å². The fraction of sp³-hybridized carbons (Fsp3) is 0.167. The fourth-order valence-electron chi connectivity index (χ4n) is 2.26. The van der Waals surface area contributed by atoms with Gasteiger partial charge >= 0.3 is 0 Å². The zero-order valence-corrected chi connectivity index (χ0v) is 13.1. The smallest absolute Gasteiger partial charge is 0.244 e. The lowest BCUT2D eigenvalue weighted by molar-refractivity contribution is 0.612. The lowest BCUT2D eigenvalue weighted by atomic mass is 10.1. The van der Waals surface area contributed by atoms with Gasteiger partial charge in [-0.1, -0.05) is 48.5 Å². The molecule has 1 heterocycles. The molecule has 5 nitrogen and oxygen atoms in total. The Morgan fingerprint density at radius 2 is 1.71 bits per heavy atom. The third-order valence-corrected chi connectivity index (χ3v) is 3.52. The van der Waals surface area contributed by atoms with Crippen LogP contribution < -0.4 is 10.6 Å². The van der Waals surface area contributed by atoms with Crippen LogP contribution in [0.1, 0.15) is 11.1 Å². The molecule has 2 aromatic carbocycles. The minimum Gasteiger partial charge on any atom is -0.368 e. The van der Waals surface area contributed by atoms with Crippen molar-refractivity contribution in [2.24, 2.45) is 0 Å². The van der Waals surface area contributed by atoms with E-state index in [1.54, 1.807) is 24.4 Å². The van der Waals surface area contributed by atoms with E-state index >= 15 is 0 Å². The lowest BCUT2D eigenvalue weighted by Crippen LogP contribution is -2.10. The first-order chi connectivity index (χ1) is 11.8. The van der Waals surface area contributed by atoms with Gasteiger partial charge in [0.15, 0.2) is 5.82 Å². The van der Waals surface area contributed by atoms with Gasteiger partial charge in [-0.15, -0.1) is 5.10 Å². The van der Waals surface area contributed by atoms with Crippen molar-refractivity contribution in [2.45, 2.75) is 13.0 Å². The van der Waals surface area contributed by atoms with Crippen LogP contribution in [0.3, 0.4) is 0 Å². The summed E-state index contributed by atoms with van der Waals surface area (Å²) in [5, 5.41) is 14.0. The van der Waals surface area contributed by atoms with Gasteiger partial charge in [0.05, 0.1) is 6.20 Å². The molecule has 24 heavy (non-hydrogen) atoms. The number of halogens is 1. The lowest BCUT2D eigenvalue weighted by Gasteiger charge is -2.08. The maximum absolute atomic E-state index is 13.6. The molecule has 0 radical (unpaired) electrons. The topological polar surface area (TPSA) is 62.7 Å². The summed E-state index contributed by atoms with van der Waals surface area (Å²) in [6.45, 7) is 1.05. The van der Waals surface area contributed by atoms with Gasteiger partial charge in [0.25, 0.3) is 0 Å². The standard InChI is InChI=1S/C18H18FN5/c19-16-9-5-4-8-15(16)12-21-18-23-17(13-22-24-18)20-11-10-14-6-2-1-3-7-14/h1-9,13H,10-12H2,(H2,20,21,23,24). The Bertz CT molecular complexity index is 779. The Kier molecular flexibility index (Phi) is 5.29. The number of hydrogen-bond donors (Lipinski definition) is 2. The molecular weight excluding hydrogens is 305 g/mol. The first-order valence-electron chi connectivity index (χ1n) is 7.76. The van der Waals surface area contributed by atoms with E-state index in [0.717, 1.165) is 13.0 Å². The Labute approximate surface area is 140 Å². The molecule has 0 amide bonds. The predicted octanol–water partition coefficient (Wildman–Crippen LogP) is 3.28. The highest BCUT2D eigenvalue weighted by Gasteiger charge is 2.03. The molecule has 0 saturated carbocycles. The van der Waals surface area contributed by atoms with Gasteiger partial charge in [-0.3, -0.25) is 0 Å². The molecule has 0 saturated heterocycles. The van der Waals surface area contributed by atoms with E-state index in [-0.39, 0.29) is 5.82 Å². The highest BCUT2D eigenvalue weighted by Crippen LogP contribution is 2.09. The predicted molar refractivity (Wildman–Crippen MR) is 92.2 cm³/mol. The van der Waals surface area contributed by atoms with E-state index in [0.29, 0.717) is 23.9 Å². The first kappa shape index (κ1) is 15.9. The fourth-order valence-corrected chi connectivity index (χ4v) is 2.26. The maximum Gasteiger partial charge on any atom is 0.244 e. The largest absolute Gasteiger partial charge is 0.368 e. The molecule has 0 bridgehead atoms. The Morgan fingerprint density at radius 3 is 2.54 bits per heavy atom. The SMILES string of the molecule is Fc1ccccc1CNc1nncc(NCCc2ccccc2)n1. The van der Waals surface area contributed by atoms with Crippen LogP contribution in [0, 0.1) is 5.82 Å². The summed E-state index contributed by atoms with van der Waals surface area (Å²) >= 11 is 0. The molecule has 3 rings (SSSR count). The summed E-state index contributed by atoms with van der Waals surface area (Å²) in [6, 6.07) is 16.8. The highest BCUT2D eigenvalue weighted by atomic mass is 19.1. The van der Waals surface area contributed by atoms with Crippen LogP contribution in [0.2, 0.25) is 0 Å². The van der Waals surface area contributed by atoms with Crippen LogP contribution in [0.4, 0.5) is 16.2 Å². The molecule has 122 valence electrons. The second kappa shape index (κ2) is 8.01. The number of anilines is 2. The van der Waals surface area contributed by atoms with E-state index in [2.05, 4.69) is 37.9 Å². The van der Waals surface area contributed by atoms with Crippen molar-refractivity contribution < 1.29 is 4.39 Å². The average molecular weight is 323 g/mol. The normalized spacial score (nSPS) is 10.4. The molecule has 0 aliphatic heterocycles. The van der Waals surface area contributed by atoms with Crippen LogP contribution in [0.25, 0.3) is 0 Å². The molecule has 0 unspecified atom stereocenters. The molecule has 0 atom stereocenters. The zero-order valence-electron chi connectivity index (χ0n) is 13.1. The monoisotopic (exact) mass is 323 g/mol. The van der Waals surface area contributed by atoms with Crippen molar-refractivity contribution in [1.29, 1.82) is 0 Å². The van der Waals surface area contributed by atoms with Crippen LogP contribution in [0.15, 0.2) is 60.8 Å². The number of aromatic nitrogens is 3. The Balaban J connectivity index is 1.53. The summed E-state index contributed by atoms with van der Waals surface area (Å²) < 4.78 is 13.6. The van der Waals surface area contributed by atoms with Gasteiger partial charge < -0.3 is 10.6 Å².